The summed E-state index contributed by atoms with van der Waals surface area (Å²) in [4.78, 5) is 8.28. The molecule has 2 heterocycles. The summed E-state index contributed by atoms with van der Waals surface area (Å²) in [5.74, 6) is 0. The average molecular weight is 262 g/mol. The second kappa shape index (κ2) is 5.21. The van der Waals surface area contributed by atoms with Gasteiger partial charge in [0.2, 0.25) is 5.69 Å². The Balaban J connectivity index is 2.15. The van der Waals surface area contributed by atoms with Gasteiger partial charge in [-0.1, -0.05) is 18.2 Å². The van der Waals surface area contributed by atoms with E-state index in [0.717, 1.165) is 11.3 Å². The second-order valence-corrected chi connectivity index (χ2v) is 4.82. The van der Waals surface area contributed by atoms with E-state index in [1.807, 2.05) is 6.07 Å². The number of aromatic nitrogens is 3. The van der Waals surface area contributed by atoms with Crippen LogP contribution in [0.3, 0.4) is 0 Å². The number of hydrogen-bond donors (Lipinski definition) is 0. The molecule has 0 N–H and O–H groups in total. The molecular weight excluding hydrogens is 246 g/mol. The van der Waals surface area contributed by atoms with E-state index in [9.17, 15) is 0 Å². The van der Waals surface area contributed by atoms with Gasteiger partial charge >= 0.3 is 0 Å². The van der Waals surface area contributed by atoms with E-state index in [1.54, 1.807) is 12.5 Å². The van der Waals surface area contributed by atoms with Crippen LogP contribution in [0.2, 0.25) is 0 Å². The third kappa shape index (κ3) is 2.30. The van der Waals surface area contributed by atoms with Crippen molar-refractivity contribution in [1.82, 2.24) is 9.97 Å². The van der Waals surface area contributed by atoms with E-state index in [4.69, 9.17) is 0 Å². The molecule has 3 rings (SSSR count). The highest BCUT2D eigenvalue weighted by Gasteiger charge is 2.13. The van der Waals surface area contributed by atoms with Crippen LogP contribution >= 0.6 is 0 Å². The van der Waals surface area contributed by atoms with Crippen LogP contribution in [-0.4, -0.2) is 9.97 Å². The van der Waals surface area contributed by atoms with Crippen molar-refractivity contribution in [3.63, 3.8) is 0 Å². The Bertz CT molecular complexity index is 736. The summed E-state index contributed by atoms with van der Waals surface area (Å²) >= 11 is 0. The SMILES string of the molecule is Cc1ccccc1-c1cc(-c2ccncn2)cc[n+]1C. The topological polar surface area (TPSA) is 29.7 Å². The minimum atomic E-state index is 0.940. The van der Waals surface area contributed by atoms with Crippen molar-refractivity contribution >= 4 is 0 Å². The molecule has 2 aromatic heterocycles. The zero-order valence-electron chi connectivity index (χ0n) is 11.6. The normalized spacial score (nSPS) is 10.5. The maximum Gasteiger partial charge on any atom is 0.213 e. The first kappa shape index (κ1) is 12.5. The lowest BCUT2D eigenvalue weighted by Gasteiger charge is -2.06. The first-order valence-corrected chi connectivity index (χ1v) is 6.58. The molecule has 0 aliphatic rings. The lowest BCUT2D eigenvalue weighted by Crippen LogP contribution is -2.30. The predicted molar refractivity (Wildman–Crippen MR) is 78.8 cm³/mol. The Kier molecular flexibility index (Phi) is 3.25. The lowest BCUT2D eigenvalue weighted by molar-refractivity contribution is -0.660. The summed E-state index contributed by atoms with van der Waals surface area (Å²) in [6, 6.07) is 14.6. The lowest BCUT2D eigenvalue weighted by atomic mass is 10.0. The molecule has 0 fully saturated rings. The number of hydrogen-bond acceptors (Lipinski definition) is 2. The molecule has 98 valence electrons. The van der Waals surface area contributed by atoms with Crippen LogP contribution in [0, 0.1) is 6.92 Å². The van der Waals surface area contributed by atoms with Gasteiger partial charge in [0.15, 0.2) is 6.20 Å². The molecular formula is C17H16N3+. The third-order valence-corrected chi connectivity index (χ3v) is 3.45. The molecule has 0 aliphatic carbocycles. The Morgan fingerprint density at radius 2 is 1.90 bits per heavy atom. The maximum absolute atomic E-state index is 4.32. The zero-order valence-corrected chi connectivity index (χ0v) is 11.6. The van der Waals surface area contributed by atoms with Crippen LogP contribution in [0.1, 0.15) is 5.56 Å². The molecule has 0 saturated carbocycles. The second-order valence-electron chi connectivity index (χ2n) is 4.82. The van der Waals surface area contributed by atoms with E-state index in [1.165, 1.54) is 16.8 Å². The van der Waals surface area contributed by atoms with Gasteiger partial charge in [-0.05, 0) is 24.6 Å². The van der Waals surface area contributed by atoms with E-state index in [2.05, 4.69) is 71.1 Å². The molecule has 0 radical (unpaired) electrons. The van der Waals surface area contributed by atoms with Crippen LogP contribution in [0.15, 0.2) is 61.2 Å². The van der Waals surface area contributed by atoms with Crippen molar-refractivity contribution in [2.75, 3.05) is 0 Å². The van der Waals surface area contributed by atoms with Crippen LogP contribution in [0.25, 0.3) is 22.5 Å². The molecule has 0 spiro atoms. The van der Waals surface area contributed by atoms with Crippen molar-refractivity contribution in [2.24, 2.45) is 7.05 Å². The van der Waals surface area contributed by atoms with Gasteiger partial charge in [0.1, 0.15) is 13.4 Å². The highest BCUT2D eigenvalue weighted by molar-refractivity contribution is 5.67. The number of pyridine rings is 1. The van der Waals surface area contributed by atoms with Gasteiger partial charge in [-0.3, -0.25) is 0 Å². The first-order valence-electron chi connectivity index (χ1n) is 6.58. The summed E-state index contributed by atoms with van der Waals surface area (Å²) in [5.41, 5.74) is 5.73. The molecule has 0 atom stereocenters. The van der Waals surface area contributed by atoms with E-state index >= 15 is 0 Å². The smallest absolute Gasteiger partial charge is 0.213 e. The van der Waals surface area contributed by atoms with Gasteiger partial charge in [-0.2, -0.15) is 0 Å². The summed E-state index contributed by atoms with van der Waals surface area (Å²) in [5, 5.41) is 0. The minimum absolute atomic E-state index is 0.940. The molecule has 3 aromatic rings. The van der Waals surface area contributed by atoms with Crippen molar-refractivity contribution in [3.05, 3.63) is 66.7 Å². The molecule has 0 unspecified atom stereocenters. The molecule has 0 saturated heterocycles. The fourth-order valence-electron chi connectivity index (χ4n) is 2.32. The van der Waals surface area contributed by atoms with Crippen molar-refractivity contribution < 1.29 is 4.57 Å². The Hall–Kier alpha value is -2.55. The van der Waals surface area contributed by atoms with Gasteiger partial charge in [-0.15, -0.1) is 0 Å². The standard InChI is InChI=1S/C17H16N3/c1-13-5-3-4-6-15(13)17-11-14(8-10-20(17)2)16-7-9-18-12-19-16/h3-12H,1-2H3/q+1. The molecule has 20 heavy (non-hydrogen) atoms. The molecule has 0 amide bonds. The Morgan fingerprint density at radius 1 is 1.05 bits per heavy atom. The summed E-state index contributed by atoms with van der Waals surface area (Å²) in [6.45, 7) is 2.13. The quantitative estimate of drug-likeness (QED) is 0.665. The number of benzene rings is 1. The number of nitrogens with zero attached hydrogens (tertiary/aromatic N) is 3. The molecule has 0 bridgehead atoms. The van der Waals surface area contributed by atoms with Crippen LogP contribution in [-0.2, 0) is 7.05 Å². The zero-order chi connectivity index (χ0) is 13.9. The van der Waals surface area contributed by atoms with E-state index < -0.39 is 0 Å². The highest BCUT2D eigenvalue weighted by atomic mass is 14.9. The monoisotopic (exact) mass is 262 g/mol. The third-order valence-electron chi connectivity index (χ3n) is 3.45. The van der Waals surface area contributed by atoms with E-state index in [-0.39, 0.29) is 0 Å². The summed E-state index contributed by atoms with van der Waals surface area (Å²) < 4.78 is 2.13. The van der Waals surface area contributed by atoms with Gasteiger partial charge in [0, 0.05) is 29.5 Å². The predicted octanol–water partition coefficient (Wildman–Crippen LogP) is 2.94. The average Bonchev–Trinajstić information content (AvgIpc) is 2.49. The number of aryl methyl sites for hydroxylation is 2. The van der Waals surface area contributed by atoms with E-state index in [0.29, 0.717) is 0 Å². The fourth-order valence-corrected chi connectivity index (χ4v) is 2.32. The van der Waals surface area contributed by atoms with Crippen molar-refractivity contribution in [3.8, 4) is 22.5 Å². The minimum Gasteiger partial charge on any atom is -0.245 e. The van der Waals surface area contributed by atoms with Gasteiger partial charge in [0.05, 0.1) is 5.69 Å². The Labute approximate surface area is 118 Å². The molecule has 1 aromatic carbocycles. The largest absolute Gasteiger partial charge is 0.245 e. The molecule has 0 aliphatic heterocycles. The van der Waals surface area contributed by atoms with Gasteiger partial charge in [-0.25, -0.2) is 14.5 Å². The number of rotatable bonds is 2. The molecule has 3 heteroatoms. The Morgan fingerprint density at radius 3 is 2.65 bits per heavy atom. The van der Waals surface area contributed by atoms with Crippen molar-refractivity contribution in [1.29, 1.82) is 0 Å². The summed E-state index contributed by atoms with van der Waals surface area (Å²) in [6.07, 6.45) is 5.41. The fraction of sp³-hybridized carbons (Fsp3) is 0.118. The van der Waals surface area contributed by atoms with Crippen LogP contribution in [0.5, 0.6) is 0 Å². The van der Waals surface area contributed by atoms with Crippen LogP contribution in [0.4, 0.5) is 0 Å². The maximum atomic E-state index is 4.32. The van der Waals surface area contributed by atoms with Gasteiger partial charge < -0.3 is 0 Å². The highest BCUT2D eigenvalue weighted by Crippen LogP contribution is 2.24. The van der Waals surface area contributed by atoms with Gasteiger partial charge in [0.25, 0.3) is 0 Å². The molecule has 3 nitrogen and oxygen atoms in total. The summed E-state index contributed by atoms with van der Waals surface area (Å²) in [7, 11) is 2.06. The van der Waals surface area contributed by atoms with Crippen molar-refractivity contribution in [2.45, 2.75) is 6.92 Å². The van der Waals surface area contributed by atoms with Crippen LogP contribution < -0.4 is 4.57 Å². The first-order chi connectivity index (χ1) is 9.75.